The van der Waals surface area contributed by atoms with E-state index in [-0.39, 0.29) is 11.9 Å². The Labute approximate surface area is 125 Å². The molecule has 0 aliphatic rings. The van der Waals surface area contributed by atoms with Crippen LogP contribution >= 0.6 is 15.9 Å². The zero-order valence-corrected chi connectivity index (χ0v) is 14.0. The lowest BCUT2D eigenvalue weighted by molar-refractivity contribution is -0.123. The number of amides is 1. The lowest BCUT2D eigenvalue weighted by Crippen LogP contribution is -2.38. The van der Waals surface area contributed by atoms with Crippen molar-refractivity contribution in [3.8, 4) is 0 Å². The summed E-state index contributed by atoms with van der Waals surface area (Å²) in [5, 5.41) is 3.01. The van der Waals surface area contributed by atoms with E-state index in [1.54, 1.807) is 0 Å². The zero-order valence-electron chi connectivity index (χ0n) is 12.5. The van der Waals surface area contributed by atoms with Gasteiger partial charge in [-0.15, -0.1) is 0 Å². The molecular formula is C16H24BrNO. The highest BCUT2D eigenvalue weighted by atomic mass is 79.9. The number of rotatable bonds is 5. The van der Waals surface area contributed by atoms with Gasteiger partial charge in [0.25, 0.3) is 0 Å². The fourth-order valence-corrected chi connectivity index (χ4v) is 1.98. The van der Waals surface area contributed by atoms with E-state index < -0.39 is 4.32 Å². The van der Waals surface area contributed by atoms with E-state index in [1.807, 2.05) is 20.8 Å². The Bertz CT molecular complexity index is 417. The largest absolute Gasteiger partial charge is 0.348 e. The number of hydrogen-bond acceptors (Lipinski definition) is 1. The molecule has 1 aromatic carbocycles. The summed E-state index contributed by atoms with van der Waals surface area (Å²) in [6.07, 6.45) is 1.09. The normalized spacial score (nSPS) is 13.4. The molecular weight excluding hydrogens is 302 g/mol. The van der Waals surface area contributed by atoms with Gasteiger partial charge in [-0.1, -0.05) is 54.0 Å². The highest BCUT2D eigenvalue weighted by Gasteiger charge is 2.24. The summed E-state index contributed by atoms with van der Waals surface area (Å²) in [5.41, 5.74) is 2.48. The number of halogens is 1. The summed E-state index contributed by atoms with van der Waals surface area (Å²) < 4.78 is -0.529. The first-order chi connectivity index (χ1) is 8.70. The monoisotopic (exact) mass is 325 g/mol. The first kappa shape index (κ1) is 16.2. The van der Waals surface area contributed by atoms with Gasteiger partial charge in [-0.3, -0.25) is 4.79 Å². The van der Waals surface area contributed by atoms with Crippen molar-refractivity contribution in [1.82, 2.24) is 5.32 Å². The average Bonchev–Trinajstić information content (AvgIpc) is 2.27. The molecule has 0 aromatic heterocycles. The van der Waals surface area contributed by atoms with Crippen LogP contribution in [0.25, 0.3) is 0 Å². The second kappa shape index (κ2) is 6.56. The summed E-state index contributed by atoms with van der Waals surface area (Å²) in [7, 11) is 0. The second-order valence-electron chi connectivity index (χ2n) is 6.01. The third kappa shape index (κ3) is 5.35. The number of hydrogen-bond donors (Lipinski definition) is 1. The van der Waals surface area contributed by atoms with Crippen LogP contribution in [0.15, 0.2) is 24.3 Å². The van der Waals surface area contributed by atoms with Crippen LogP contribution in [-0.2, 0) is 11.2 Å². The molecule has 0 spiro atoms. The van der Waals surface area contributed by atoms with Gasteiger partial charge < -0.3 is 5.32 Å². The Kier molecular flexibility index (Phi) is 5.60. The summed E-state index contributed by atoms with van der Waals surface area (Å²) in [5.74, 6) is 0.670. The lowest BCUT2D eigenvalue weighted by Gasteiger charge is -2.21. The molecule has 0 saturated heterocycles. The summed E-state index contributed by atoms with van der Waals surface area (Å²) in [6, 6.07) is 8.53. The summed E-state index contributed by atoms with van der Waals surface area (Å²) in [6.45, 7) is 10.1. The maximum atomic E-state index is 11.9. The number of carbonyl (C=O) groups is 1. The molecule has 1 amide bonds. The Hall–Kier alpha value is -0.830. The Balaban J connectivity index is 2.68. The molecule has 1 aromatic rings. The van der Waals surface area contributed by atoms with Gasteiger partial charge in [0, 0.05) is 0 Å². The van der Waals surface area contributed by atoms with Gasteiger partial charge in [-0.05, 0) is 44.2 Å². The van der Waals surface area contributed by atoms with E-state index in [2.05, 4.69) is 59.4 Å². The predicted molar refractivity (Wildman–Crippen MR) is 84.5 cm³/mol. The maximum Gasteiger partial charge on any atom is 0.236 e. The molecule has 0 bridgehead atoms. The van der Waals surface area contributed by atoms with Crippen LogP contribution in [0, 0.1) is 5.92 Å². The van der Waals surface area contributed by atoms with E-state index in [0.717, 1.165) is 12.0 Å². The zero-order chi connectivity index (χ0) is 14.6. The minimum atomic E-state index is -0.529. The van der Waals surface area contributed by atoms with Gasteiger partial charge in [0.15, 0.2) is 0 Å². The smallest absolute Gasteiger partial charge is 0.236 e. The standard InChI is InChI=1S/C16H24BrNO/c1-11(2)10-13-6-8-14(9-7-13)12(3)18-15(19)16(4,5)17/h6-9,11-12H,10H2,1-5H3,(H,18,19). The van der Waals surface area contributed by atoms with Gasteiger partial charge in [0.2, 0.25) is 5.91 Å². The van der Waals surface area contributed by atoms with Crippen molar-refractivity contribution in [2.45, 2.75) is 51.4 Å². The van der Waals surface area contributed by atoms with Crippen molar-refractivity contribution >= 4 is 21.8 Å². The molecule has 3 heteroatoms. The van der Waals surface area contributed by atoms with Crippen molar-refractivity contribution in [2.75, 3.05) is 0 Å². The van der Waals surface area contributed by atoms with Crippen molar-refractivity contribution in [2.24, 2.45) is 5.92 Å². The van der Waals surface area contributed by atoms with E-state index in [0.29, 0.717) is 5.92 Å². The van der Waals surface area contributed by atoms with Crippen LogP contribution in [0.3, 0.4) is 0 Å². The molecule has 0 aliphatic carbocycles. The van der Waals surface area contributed by atoms with E-state index in [1.165, 1.54) is 5.56 Å². The molecule has 0 saturated carbocycles. The average molecular weight is 326 g/mol. The Morgan fingerprint density at radius 3 is 2.16 bits per heavy atom. The maximum absolute atomic E-state index is 11.9. The van der Waals surface area contributed by atoms with E-state index in [9.17, 15) is 4.79 Å². The molecule has 1 unspecified atom stereocenters. The van der Waals surface area contributed by atoms with Crippen LogP contribution < -0.4 is 5.32 Å². The molecule has 0 radical (unpaired) electrons. The number of carbonyl (C=O) groups excluding carboxylic acids is 1. The van der Waals surface area contributed by atoms with Crippen LogP contribution in [-0.4, -0.2) is 10.2 Å². The number of benzene rings is 1. The molecule has 19 heavy (non-hydrogen) atoms. The molecule has 106 valence electrons. The van der Waals surface area contributed by atoms with Gasteiger partial charge in [0.05, 0.1) is 10.4 Å². The quantitative estimate of drug-likeness (QED) is 0.806. The minimum Gasteiger partial charge on any atom is -0.348 e. The molecule has 1 atom stereocenters. The van der Waals surface area contributed by atoms with E-state index >= 15 is 0 Å². The minimum absolute atomic E-state index is 0.00579. The van der Waals surface area contributed by atoms with Crippen LogP contribution in [0.4, 0.5) is 0 Å². The van der Waals surface area contributed by atoms with Crippen molar-refractivity contribution in [3.05, 3.63) is 35.4 Å². The molecule has 0 aliphatic heterocycles. The first-order valence-electron chi connectivity index (χ1n) is 6.79. The lowest BCUT2D eigenvalue weighted by atomic mass is 9.99. The fourth-order valence-electron chi connectivity index (χ4n) is 1.87. The molecule has 1 N–H and O–H groups in total. The van der Waals surface area contributed by atoms with E-state index in [4.69, 9.17) is 0 Å². The second-order valence-corrected chi connectivity index (χ2v) is 7.99. The van der Waals surface area contributed by atoms with Crippen molar-refractivity contribution in [1.29, 1.82) is 0 Å². The Morgan fingerprint density at radius 2 is 1.74 bits per heavy atom. The fraction of sp³-hybridized carbons (Fsp3) is 0.562. The number of nitrogens with one attached hydrogen (secondary N) is 1. The third-order valence-corrected chi connectivity index (χ3v) is 3.37. The molecule has 1 rings (SSSR count). The van der Waals surface area contributed by atoms with Gasteiger partial charge >= 0.3 is 0 Å². The molecule has 2 nitrogen and oxygen atoms in total. The Morgan fingerprint density at radius 1 is 1.21 bits per heavy atom. The van der Waals surface area contributed by atoms with Crippen LogP contribution in [0.1, 0.15) is 51.8 Å². The highest BCUT2D eigenvalue weighted by Crippen LogP contribution is 2.20. The van der Waals surface area contributed by atoms with Crippen LogP contribution in [0.5, 0.6) is 0 Å². The molecule has 0 fully saturated rings. The van der Waals surface area contributed by atoms with Crippen molar-refractivity contribution in [3.63, 3.8) is 0 Å². The predicted octanol–water partition coefficient (Wildman–Crippen LogP) is 4.24. The third-order valence-electron chi connectivity index (χ3n) is 3.01. The molecule has 0 heterocycles. The SMILES string of the molecule is CC(C)Cc1ccc(C(C)NC(=O)C(C)(C)Br)cc1. The highest BCUT2D eigenvalue weighted by molar-refractivity contribution is 9.10. The van der Waals surface area contributed by atoms with Gasteiger partial charge in [0.1, 0.15) is 0 Å². The first-order valence-corrected chi connectivity index (χ1v) is 7.58. The topological polar surface area (TPSA) is 29.1 Å². The van der Waals surface area contributed by atoms with Gasteiger partial charge in [-0.2, -0.15) is 0 Å². The van der Waals surface area contributed by atoms with Crippen molar-refractivity contribution < 1.29 is 4.79 Å². The summed E-state index contributed by atoms with van der Waals surface area (Å²) in [4.78, 5) is 11.9. The number of alkyl halides is 1. The summed E-state index contributed by atoms with van der Waals surface area (Å²) >= 11 is 3.37. The van der Waals surface area contributed by atoms with Gasteiger partial charge in [-0.25, -0.2) is 0 Å². The van der Waals surface area contributed by atoms with Crippen LogP contribution in [0.2, 0.25) is 0 Å².